The molecule has 0 heterocycles. The molecule has 0 radical (unpaired) electrons. The number of hydrogen-bond donors (Lipinski definition) is 0. The maximum Gasteiger partial charge on any atom is 0.325 e. The summed E-state index contributed by atoms with van der Waals surface area (Å²) in [5.41, 5.74) is -1.23. The molecule has 0 spiro atoms. The largest absolute Gasteiger partial charge is 0.497 e. The summed E-state index contributed by atoms with van der Waals surface area (Å²) in [6.07, 6.45) is 3.62. The molecule has 0 bridgehead atoms. The first kappa shape index (κ1) is 19.5. The average Bonchev–Trinajstić information content (AvgIpc) is 2.71. The molecule has 0 aliphatic heterocycles. The first-order valence-corrected chi connectivity index (χ1v) is 8.02. The van der Waals surface area contributed by atoms with Crippen LogP contribution >= 0.6 is 0 Å². The predicted octanol–water partition coefficient (Wildman–Crippen LogP) is 1.86. The first-order valence-electron chi connectivity index (χ1n) is 8.02. The lowest BCUT2D eigenvalue weighted by Crippen LogP contribution is -2.54. The van der Waals surface area contributed by atoms with Crippen molar-refractivity contribution in [2.45, 2.75) is 12.3 Å². The van der Waals surface area contributed by atoms with Gasteiger partial charge < -0.3 is 18.9 Å². The van der Waals surface area contributed by atoms with Crippen LogP contribution in [0.1, 0.15) is 17.9 Å². The molecule has 2 atom stereocenters. The number of benzene rings is 1. The molecule has 7 nitrogen and oxygen atoms in total. The Hall–Kier alpha value is -2.83. The lowest BCUT2D eigenvalue weighted by molar-refractivity contribution is -0.182. The third kappa shape index (κ3) is 3.05. The van der Waals surface area contributed by atoms with Crippen LogP contribution in [0.15, 0.2) is 36.4 Å². The molecule has 26 heavy (non-hydrogen) atoms. The van der Waals surface area contributed by atoms with Crippen LogP contribution in [0.3, 0.4) is 0 Å². The van der Waals surface area contributed by atoms with Crippen LogP contribution in [-0.2, 0) is 28.6 Å². The highest BCUT2D eigenvalue weighted by molar-refractivity contribution is 6.05. The van der Waals surface area contributed by atoms with Gasteiger partial charge in [-0.15, -0.1) is 0 Å². The average molecular weight is 362 g/mol. The third-order valence-corrected chi connectivity index (χ3v) is 4.75. The van der Waals surface area contributed by atoms with Gasteiger partial charge in [-0.2, -0.15) is 0 Å². The number of hydrogen-bond acceptors (Lipinski definition) is 7. The van der Waals surface area contributed by atoms with Crippen molar-refractivity contribution in [2.75, 3.05) is 28.4 Å². The van der Waals surface area contributed by atoms with E-state index in [-0.39, 0.29) is 6.42 Å². The maximum atomic E-state index is 12.8. The lowest BCUT2D eigenvalue weighted by atomic mass is 9.60. The van der Waals surface area contributed by atoms with Gasteiger partial charge in [-0.3, -0.25) is 14.4 Å². The summed E-state index contributed by atoms with van der Waals surface area (Å²) in [6.45, 7) is 0. The van der Waals surface area contributed by atoms with Crippen molar-refractivity contribution in [3.05, 3.63) is 42.0 Å². The third-order valence-electron chi connectivity index (χ3n) is 4.75. The van der Waals surface area contributed by atoms with Gasteiger partial charge in [0.1, 0.15) is 5.75 Å². The van der Waals surface area contributed by atoms with Crippen molar-refractivity contribution in [1.29, 1.82) is 0 Å². The zero-order valence-corrected chi connectivity index (χ0v) is 15.2. The molecule has 0 fully saturated rings. The molecule has 2 rings (SSSR count). The summed E-state index contributed by atoms with van der Waals surface area (Å²) < 4.78 is 19.9. The van der Waals surface area contributed by atoms with Crippen molar-refractivity contribution >= 4 is 17.9 Å². The summed E-state index contributed by atoms with van der Waals surface area (Å²) >= 11 is 0. The van der Waals surface area contributed by atoms with Crippen molar-refractivity contribution in [2.24, 2.45) is 11.3 Å². The highest BCUT2D eigenvalue weighted by Gasteiger charge is 2.63. The molecule has 7 heteroatoms. The van der Waals surface area contributed by atoms with E-state index in [1.807, 2.05) is 0 Å². The Morgan fingerprint density at radius 2 is 1.50 bits per heavy atom. The summed E-state index contributed by atoms with van der Waals surface area (Å²) in [6, 6.07) is 6.89. The van der Waals surface area contributed by atoms with Crippen LogP contribution in [0.4, 0.5) is 0 Å². The van der Waals surface area contributed by atoms with E-state index in [0.29, 0.717) is 11.3 Å². The Kier molecular flexibility index (Phi) is 6.02. The molecule has 0 saturated heterocycles. The topological polar surface area (TPSA) is 88.1 Å². The zero-order chi connectivity index (χ0) is 19.3. The Balaban J connectivity index is 2.70. The van der Waals surface area contributed by atoms with Crippen LogP contribution in [0.5, 0.6) is 5.75 Å². The minimum absolute atomic E-state index is 0.156. The molecule has 1 aromatic carbocycles. The van der Waals surface area contributed by atoms with Gasteiger partial charge in [0.25, 0.3) is 0 Å². The fourth-order valence-corrected chi connectivity index (χ4v) is 3.47. The molecule has 0 amide bonds. The van der Waals surface area contributed by atoms with E-state index in [4.69, 9.17) is 18.9 Å². The molecule has 140 valence electrons. The van der Waals surface area contributed by atoms with E-state index >= 15 is 0 Å². The Labute approximate surface area is 151 Å². The van der Waals surface area contributed by atoms with E-state index in [2.05, 4.69) is 0 Å². The molecule has 0 unspecified atom stereocenters. The molecule has 1 aliphatic carbocycles. The van der Waals surface area contributed by atoms with Crippen LogP contribution < -0.4 is 4.74 Å². The molecular weight excluding hydrogens is 340 g/mol. The van der Waals surface area contributed by atoms with Crippen molar-refractivity contribution in [3.8, 4) is 5.75 Å². The number of rotatable bonds is 5. The molecule has 1 aromatic rings. The molecular formula is C19H22O7. The highest BCUT2D eigenvalue weighted by atomic mass is 16.6. The zero-order valence-electron chi connectivity index (χ0n) is 15.2. The number of methoxy groups -OCH3 is 4. The second-order valence-electron chi connectivity index (χ2n) is 5.84. The SMILES string of the molecule is COC(=O)[C@@H]1CC=C[C@@H](c2ccc(OC)cc2)C1(C(=O)OC)C(=O)OC. The van der Waals surface area contributed by atoms with Gasteiger partial charge in [0, 0.05) is 5.92 Å². The Morgan fingerprint density at radius 1 is 0.923 bits per heavy atom. The Bertz CT molecular complexity index is 689. The minimum Gasteiger partial charge on any atom is -0.497 e. The molecule has 0 saturated carbocycles. The van der Waals surface area contributed by atoms with E-state index < -0.39 is 35.2 Å². The maximum absolute atomic E-state index is 12.8. The van der Waals surface area contributed by atoms with Gasteiger partial charge in [-0.25, -0.2) is 0 Å². The van der Waals surface area contributed by atoms with Crippen molar-refractivity contribution in [1.82, 2.24) is 0 Å². The summed E-state index contributed by atoms with van der Waals surface area (Å²) in [4.78, 5) is 38.1. The fraction of sp³-hybridized carbons (Fsp3) is 0.421. The van der Waals surface area contributed by atoms with Crippen LogP contribution in [0.2, 0.25) is 0 Å². The molecule has 0 N–H and O–H groups in total. The van der Waals surface area contributed by atoms with Crippen LogP contribution in [-0.4, -0.2) is 46.3 Å². The predicted molar refractivity (Wildman–Crippen MR) is 91.5 cm³/mol. The number of esters is 3. The van der Waals surface area contributed by atoms with Gasteiger partial charge >= 0.3 is 17.9 Å². The van der Waals surface area contributed by atoms with Crippen LogP contribution in [0, 0.1) is 11.3 Å². The summed E-state index contributed by atoms with van der Waals surface area (Å²) in [7, 11) is 5.09. The number of carbonyl (C=O) groups is 3. The second-order valence-corrected chi connectivity index (χ2v) is 5.84. The molecule has 1 aliphatic rings. The van der Waals surface area contributed by atoms with Crippen molar-refractivity contribution < 1.29 is 33.3 Å². The van der Waals surface area contributed by atoms with Gasteiger partial charge in [-0.05, 0) is 24.1 Å². The smallest absolute Gasteiger partial charge is 0.325 e. The molecule has 0 aromatic heterocycles. The minimum atomic E-state index is -1.88. The first-order chi connectivity index (χ1) is 12.5. The lowest BCUT2D eigenvalue weighted by Gasteiger charge is -2.41. The van der Waals surface area contributed by atoms with E-state index in [1.54, 1.807) is 36.4 Å². The van der Waals surface area contributed by atoms with Gasteiger partial charge in [0.2, 0.25) is 0 Å². The monoisotopic (exact) mass is 362 g/mol. The normalized spacial score (nSPS) is 20.8. The fourth-order valence-electron chi connectivity index (χ4n) is 3.47. The van der Waals surface area contributed by atoms with Crippen molar-refractivity contribution in [3.63, 3.8) is 0 Å². The summed E-state index contributed by atoms with van der Waals surface area (Å²) in [5.74, 6) is -3.56. The highest BCUT2D eigenvalue weighted by Crippen LogP contribution is 2.50. The summed E-state index contributed by atoms with van der Waals surface area (Å²) in [5, 5.41) is 0. The quantitative estimate of drug-likeness (QED) is 0.342. The Morgan fingerprint density at radius 3 is 1.96 bits per heavy atom. The van der Waals surface area contributed by atoms with Gasteiger partial charge in [0.15, 0.2) is 5.41 Å². The second kappa shape index (κ2) is 8.03. The van der Waals surface area contributed by atoms with E-state index in [1.165, 1.54) is 28.4 Å². The number of allylic oxidation sites excluding steroid dienone is 2. The number of carbonyl (C=O) groups excluding carboxylic acids is 3. The van der Waals surface area contributed by atoms with E-state index in [9.17, 15) is 14.4 Å². The van der Waals surface area contributed by atoms with Gasteiger partial charge in [-0.1, -0.05) is 24.3 Å². The van der Waals surface area contributed by atoms with Crippen LogP contribution in [0.25, 0.3) is 0 Å². The standard InChI is InChI=1S/C19H22O7/c1-23-13-10-8-12(9-11-13)14-6-5-7-15(16(20)24-2)19(14,17(21)25-3)18(22)26-4/h5-6,8-11,14-15H,7H2,1-4H3/t14-,15-/m0/s1. The number of ether oxygens (including phenoxy) is 4. The van der Waals surface area contributed by atoms with E-state index in [0.717, 1.165) is 0 Å². The van der Waals surface area contributed by atoms with Gasteiger partial charge in [0.05, 0.1) is 34.4 Å².